The van der Waals surface area contributed by atoms with Crippen molar-refractivity contribution in [3.63, 3.8) is 0 Å². The fraction of sp³-hybridized carbons (Fsp3) is 0.214. The Morgan fingerprint density at radius 2 is 2.19 bits per heavy atom. The van der Waals surface area contributed by atoms with Gasteiger partial charge in [-0.15, -0.1) is 0 Å². The molecular formula is C14H15NO. The van der Waals surface area contributed by atoms with Crippen LogP contribution in [0.25, 0.3) is 0 Å². The van der Waals surface area contributed by atoms with Crippen molar-refractivity contribution in [2.24, 2.45) is 17.6 Å². The third-order valence-electron chi connectivity index (χ3n) is 2.98. The summed E-state index contributed by atoms with van der Waals surface area (Å²) in [6.45, 7) is 3.57. The molecule has 1 fully saturated rings. The highest BCUT2D eigenvalue weighted by Gasteiger charge is 2.35. The predicted molar refractivity (Wildman–Crippen MR) is 65.4 cm³/mol. The normalized spacial score (nSPS) is 30.9. The van der Waals surface area contributed by atoms with Crippen molar-refractivity contribution in [1.82, 2.24) is 0 Å². The van der Waals surface area contributed by atoms with E-state index in [1.807, 2.05) is 18.2 Å². The number of hydrogen-bond donors (Lipinski definition) is 1. The lowest BCUT2D eigenvalue weighted by atomic mass is 9.92. The van der Waals surface area contributed by atoms with E-state index >= 15 is 0 Å². The molecule has 0 spiro atoms. The van der Waals surface area contributed by atoms with Crippen LogP contribution in [0, 0.1) is 11.8 Å². The van der Waals surface area contributed by atoms with Gasteiger partial charge in [-0.3, -0.25) is 4.79 Å². The fourth-order valence-corrected chi connectivity index (χ4v) is 2.21. The zero-order chi connectivity index (χ0) is 11.5. The second kappa shape index (κ2) is 4.35. The molecule has 0 radical (unpaired) electrons. The molecule has 0 aliphatic heterocycles. The van der Waals surface area contributed by atoms with E-state index in [2.05, 4.69) is 12.7 Å². The zero-order valence-electron chi connectivity index (χ0n) is 9.10. The topological polar surface area (TPSA) is 43.1 Å². The molecule has 0 aromatic rings. The van der Waals surface area contributed by atoms with Crippen LogP contribution in [-0.4, -0.2) is 5.78 Å². The lowest BCUT2D eigenvalue weighted by Gasteiger charge is -2.11. The van der Waals surface area contributed by atoms with Gasteiger partial charge in [0.2, 0.25) is 0 Å². The van der Waals surface area contributed by atoms with Crippen LogP contribution in [0.4, 0.5) is 0 Å². The first-order valence-electron chi connectivity index (χ1n) is 5.40. The van der Waals surface area contributed by atoms with Gasteiger partial charge in [-0.2, -0.15) is 0 Å². The number of nitrogens with two attached hydrogens (primary N) is 1. The molecule has 2 aliphatic carbocycles. The standard InChI is InChI=1S/C14H15NO/c1-2-5-12(15)9-11-8-10-6-3-4-7-13(10)14(11)16/h2-7,9-10,13H,1,8,15H2/b11-9+,12-5+. The van der Waals surface area contributed by atoms with E-state index in [9.17, 15) is 4.79 Å². The summed E-state index contributed by atoms with van der Waals surface area (Å²) in [5.41, 5.74) is 7.15. The maximum atomic E-state index is 12.0. The molecule has 2 atom stereocenters. The minimum absolute atomic E-state index is 0.0211. The molecule has 0 aromatic heterocycles. The summed E-state index contributed by atoms with van der Waals surface area (Å²) in [5, 5.41) is 0. The molecule has 2 aliphatic rings. The highest BCUT2D eigenvalue weighted by Crippen LogP contribution is 2.36. The minimum Gasteiger partial charge on any atom is -0.399 e. The second-order valence-corrected chi connectivity index (χ2v) is 4.10. The molecule has 2 heteroatoms. The summed E-state index contributed by atoms with van der Waals surface area (Å²) in [6.07, 6.45) is 13.9. The molecule has 0 saturated heterocycles. The Bertz CT molecular complexity index is 438. The van der Waals surface area contributed by atoms with Crippen LogP contribution in [0.2, 0.25) is 0 Å². The number of carbonyl (C=O) groups is 1. The molecule has 2 unspecified atom stereocenters. The second-order valence-electron chi connectivity index (χ2n) is 4.10. The fourth-order valence-electron chi connectivity index (χ4n) is 2.21. The van der Waals surface area contributed by atoms with Gasteiger partial charge in [0.25, 0.3) is 0 Å². The quantitative estimate of drug-likeness (QED) is 0.565. The summed E-state index contributed by atoms with van der Waals surface area (Å²) >= 11 is 0. The largest absolute Gasteiger partial charge is 0.399 e. The summed E-state index contributed by atoms with van der Waals surface area (Å²) in [6, 6.07) is 0. The number of Topliss-reactive ketones (excluding diaryl/α,β-unsaturated/α-hetero) is 1. The monoisotopic (exact) mass is 213 g/mol. The molecule has 2 N–H and O–H groups in total. The van der Waals surface area contributed by atoms with Gasteiger partial charge >= 0.3 is 0 Å². The van der Waals surface area contributed by atoms with E-state index in [4.69, 9.17) is 5.73 Å². The first-order chi connectivity index (χ1) is 7.72. The Balaban J connectivity index is 2.24. The molecule has 0 heterocycles. The molecule has 82 valence electrons. The molecule has 2 rings (SSSR count). The van der Waals surface area contributed by atoms with Crippen molar-refractivity contribution >= 4 is 5.78 Å². The van der Waals surface area contributed by atoms with Gasteiger partial charge in [-0.25, -0.2) is 0 Å². The Morgan fingerprint density at radius 1 is 1.44 bits per heavy atom. The van der Waals surface area contributed by atoms with E-state index in [0.717, 1.165) is 12.0 Å². The maximum absolute atomic E-state index is 12.0. The van der Waals surface area contributed by atoms with Gasteiger partial charge in [-0.05, 0) is 30.1 Å². The minimum atomic E-state index is 0.0211. The van der Waals surface area contributed by atoms with Gasteiger partial charge in [0.05, 0.1) is 0 Å². The van der Waals surface area contributed by atoms with Crippen LogP contribution in [0.3, 0.4) is 0 Å². The summed E-state index contributed by atoms with van der Waals surface area (Å²) in [5.74, 6) is 0.541. The third-order valence-corrected chi connectivity index (χ3v) is 2.98. The summed E-state index contributed by atoms with van der Waals surface area (Å²) in [7, 11) is 0. The van der Waals surface area contributed by atoms with Crippen LogP contribution < -0.4 is 5.73 Å². The Morgan fingerprint density at radius 3 is 2.88 bits per heavy atom. The van der Waals surface area contributed by atoms with Crippen LogP contribution >= 0.6 is 0 Å². The Kier molecular flexibility index (Phi) is 2.91. The van der Waals surface area contributed by atoms with Gasteiger partial charge in [0, 0.05) is 11.6 Å². The molecular weight excluding hydrogens is 198 g/mol. The Hall–Kier alpha value is -1.83. The van der Waals surface area contributed by atoms with Crippen molar-refractivity contribution in [1.29, 1.82) is 0 Å². The molecule has 0 bridgehead atoms. The van der Waals surface area contributed by atoms with Crippen LogP contribution in [0.5, 0.6) is 0 Å². The van der Waals surface area contributed by atoms with Gasteiger partial charge in [0.15, 0.2) is 5.78 Å². The van der Waals surface area contributed by atoms with Crippen molar-refractivity contribution < 1.29 is 4.79 Å². The highest BCUT2D eigenvalue weighted by atomic mass is 16.1. The highest BCUT2D eigenvalue weighted by molar-refractivity contribution is 6.01. The number of ketones is 1. The van der Waals surface area contributed by atoms with E-state index in [0.29, 0.717) is 11.6 Å². The summed E-state index contributed by atoms with van der Waals surface area (Å²) in [4.78, 5) is 12.0. The van der Waals surface area contributed by atoms with Crippen molar-refractivity contribution in [3.05, 3.63) is 60.4 Å². The Labute approximate surface area is 95.5 Å². The number of fused-ring (bicyclic) bond motifs is 1. The SMILES string of the molecule is C=C/C=C(N)\C=C1/CC2C=CC=CC2C1=O. The van der Waals surface area contributed by atoms with Crippen molar-refractivity contribution in [2.75, 3.05) is 0 Å². The first kappa shape index (κ1) is 10.7. The number of rotatable bonds is 2. The number of carbonyl (C=O) groups excluding carboxylic acids is 1. The lowest BCUT2D eigenvalue weighted by Crippen LogP contribution is -2.12. The lowest BCUT2D eigenvalue weighted by molar-refractivity contribution is -0.117. The predicted octanol–water partition coefficient (Wildman–Crippen LogP) is 2.27. The van der Waals surface area contributed by atoms with Gasteiger partial charge in [-0.1, -0.05) is 37.0 Å². The van der Waals surface area contributed by atoms with Crippen molar-refractivity contribution in [2.45, 2.75) is 6.42 Å². The smallest absolute Gasteiger partial charge is 0.166 e. The van der Waals surface area contributed by atoms with E-state index < -0.39 is 0 Å². The van der Waals surface area contributed by atoms with E-state index in [-0.39, 0.29) is 11.7 Å². The van der Waals surface area contributed by atoms with Crippen LogP contribution in [0.1, 0.15) is 6.42 Å². The van der Waals surface area contributed by atoms with E-state index in [1.165, 1.54) is 0 Å². The van der Waals surface area contributed by atoms with Crippen LogP contribution in [-0.2, 0) is 4.79 Å². The van der Waals surface area contributed by atoms with Gasteiger partial charge in [0.1, 0.15) is 0 Å². The molecule has 0 aromatic carbocycles. The molecule has 16 heavy (non-hydrogen) atoms. The molecule has 0 amide bonds. The molecule has 1 saturated carbocycles. The van der Waals surface area contributed by atoms with Gasteiger partial charge < -0.3 is 5.73 Å². The van der Waals surface area contributed by atoms with E-state index in [1.54, 1.807) is 18.2 Å². The maximum Gasteiger partial charge on any atom is 0.166 e. The van der Waals surface area contributed by atoms with Crippen LogP contribution in [0.15, 0.2) is 60.4 Å². The van der Waals surface area contributed by atoms with Crippen molar-refractivity contribution in [3.8, 4) is 0 Å². The zero-order valence-corrected chi connectivity index (χ0v) is 9.10. The number of hydrogen-bond acceptors (Lipinski definition) is 2. The summed E-state index contributed by atoms with van der Waals surface area (Å²) < 4.78 is 0. The molecule has 2 nitrogen and oxygen atoms in total. The average molecular weight is 213 g/mol. The average Bonchev–Trinajstić information content (AvgIpc) is 2.57. The first-order valence-corrected chi connectivity index (χ1v) is 5.40. The number of allylic oxidation sites excluding steroid dienone is 8. The third kappa shape index (κ3) is 1.91.